The number of amides is 1. The van der Waals surface area contributed by atoms with E-state index in [1.54, 1.807) is 26.8 Å². The van der Waals surface area contributed by atoms with Crippen molar-refractivity contribution in [3.05, 3.63) is 35.4 Å². The van der Waals surface area contributed by atoms with Gasteiger partial charge < -0.3 is 10.1 Å². The fraction of sp³-hybridized carbons (Fsp3) is 0.375. The number of nitrogens with one attached hydrogen (secondary N) is 1. The number of anilines is 1. The van der Waals surface area contributed by atoms with Gasteiger partial charge in [0.25, 0.3) is 5.91 Å². The summed E-state index contributed by atoms with van der Waals surface area (Å²) in [6.45, 7) is 5.06. The zero-order chi connectivity index (χ0) is 18.3. The number of rotatable bonds is 4. The van der Waals surface area contributed by atoms with Crippen LogP contribution in [0.3, 0.4) is 0 Å². The number of hydrogen-bond donors (Lipinski definition) is 1. The topological polar surface area (TPSA) is 92.8 Å². The van der Waals surface area contributed by atoms with Gasteiger partial charge in [0.2, 0.25) is 10.0 Å². The van der Waals surface area contributed by atoms with E-state index in [0.717, 1.165) is 4.31 Å². The van der Waals surface area contributed by atoms with Crippen molar-refractivity contribution in [2.75, 3.05) is 19.4 Å². The van der Waals surface area contributed by atoms with Crippen molar-refractivity contribution in [2.45, 2.75) is 31.3 Å². The quantitative estimate of drug-likeness (QED) is 0.655. The molecule has 0 aliphatic carbocycles. The smallest absolute Gasteiger partial charge is 0.344 e. The van der Waals surface area contributed by atoms with Crippen molar-refractivity contribution in [1.29, 1.82) is 0 Å². The van der Waals surface area contributed by atoms with E-state index >= 15 is 0 Å². The van der Waals surface area contributed by atoms with Gasteiger partial charge in [-0.15, -0.1) is 0 Å². The molecule has 1 aliphatic rings. The van der Waals surface area contributed by atoms with Gasteiger partial charge in [0.05, 0.1) is 4.90 Å². The average molecular weight is 352 g/mol. The van der Waals surface area contributed by atoms with Crippen LogP contribution in [0, 0.1) is 0 Å². The molecule has 0 aromatic heterocycles. The largest absolute Gasteiger partial charge is 0.451 e. The Labute approximate surface area is 141 Å². The SMILES string of the molecule is CC1=C(C(=O)Nc2cccc(S(=O)(=O)N(C)C)c2)C(=O)OC1(C)C. The molecule has 1 aliphatic heterocycles. The van der Waals surface area contributed by atoms with Crippen LogP contribution < -0.4 is 5.32 Å². The molecular formula is C16H20N2O5S. The summed E-state index contributed by atoms with van der Waals surface area (Å²) in [5.41, 5.74) is -0.0801. The first-order chi connectivity index (χ1) is 11.0. The predicted molar refractivity (Wildman–Crippen MR) is 88.8 cm³/mol. The average Bonchev–Trinajstić information content (AvgIpc) is 2.67. The molecule has 8 heteroatoms. The highest BCUT2D eigenvalue weighted by molar-refractivity contribution is 7.89. The summed E-state index contributed by atoms with van der Waals surface area (Å²) in [6, 6.07) is 5.84. The molecular weight excluding hydrogens is 332 g/mol. The van der Waals surface area contributed by atoms with E-state index in [0.29, 0.717) is 5.57 Å². The molecule has 1 amide bonds. The first-order valence-electron chi connectivity index (χ1n) is 7.25. The summed E-state index contributed by atoms with van der Waals surface area (Å²) in [7, 11) is -0.772. The Morgan fingerprint density at radius 3 is 2.38 bits per heavy atom. The summed E-state index contributed by atoms with van der Waals surface area (Å²) >= 11 is 0. The third-order valence-corrected chi connectivity index (χ3v) is 5.74. The molecule has 1 aromatic carbocycles. The van der Waals surface area contributed by atoms with E-state index in [2.05, 4.69) is 5.32 Å². The molecule has 24 heavy (non-hydrogen) atoms. The summed E-state index contributed by atoms with van der Waals surface area (Å²) < 4.78 is 30.5. The number of sulfonamides is 1. The maximum absolute atomic E-state index is 12.4. The highest BCUT2D eigenvalue weighted by Crippen LogP contribution is 2.32. The van der Waals surface area contributed by atoms with Gasteiger partial charge in [-0.25, -0.2) is 17.5 Å². The molecule has 0 atom stereocenters. The Morgan fingerprint density at radius 1 is 1.25 bits per heavy atom. The van der Waals surface area contributed by atoms with Crippen molar-refractivity contribution in [3.8, 4) is 0 Å². The summed E-state index contributed by atoms with van der Waals surface area (Å²) in [5.74, 6) is -1.31. The van der Waals surface area contributed by atoms with Crippen LogP contribution in [0.1, 0.15) is 20.8 Å². The van der Waals surface area contributed by atoms with Crippen molar-refractivity contribution in [1.82, 2.24) is 4.31 Å². The Hall–Kier alpha value is -2.19. The number of benzene rings is 1. The zero-order valence-electron chi connectivity index (χ0n) is 14.2. The van der Waals surface area contributed by atoms with E-state index in [9.17, 15) is 18.0 Å². The number of carbonyl (C=O) groups excluding carboxylic acids is 2. The lowest BCUT2D eigenvalue weighted by atomic mass is 9.97. The number of cyclic esters (lactones) is 1. The van der Waals surface area contributed by atoms with Crippen LogP contribution in [0.4, 0.5) is 5.69 Å². The van der Waals surface area contributed by atoms with E-state index < -0.39 is 27.5 Å². The maximum Gasteiger partial charge on any atom is 0.344 e. The Bertz CT molecular complexity index is 838. The highest BCUT2D eigenvalue weighted by atomic mass is 32.2. The second-order valence-corrected chi connectivity index (χ2v) is 8.32. The van der Waals surface area contributed by atoms with E-state index in [1.807, 2.05) is 0 Å². The van der Waals surface area contributed by atoms with Gasteiger partial charge in [0.15, 0.2) is 0 Å². The van der Waals surface area contributed by atoms with Gasteiger partial charge in [-0.2, -0.15) is 0 Å². The van der Waals surface area contributed by atoms with Crippen LogP contribution in [-0.2, 0) is 24.3 Å². The van der Waals surface area contributed by atoms with Crippen LogP contribution >= 0.6 is 0 Å². The van der Waals surface area contributed by atoms with Crippen LogP contribution in [0.25, 0.3) is 0 Å². The highest BCUT2D eigenvalue weighted by Gasteiger charge is 2.40. The molecule has 0 unspecified atom stereocenters. The zero-order valence-corrected chi connectivity index (χ0v) is 15.0. The molecule has 1 heterocycles. The molecule has 0 saturated heterocycles. The number of nitrogens with zero attached hydrogens (tertiary/aromatic N) is 1. The minimum atomic E-state index is -3.62. The number of ether oxygens (including phenoxy) is 1. The molecule has 1 N–H and O–H groups in total. The molecule has 0 radical (unpaired) electrons. The van der Waals surface area contributed by atoms with Gasteiger partial charge in [-0.1, -0.05) is 6.07 Å². The molecule has 0 bridgehead atoms. The second-order valence-electron chi connectivity index (χ2n) is 6.17. The second kappa shape index (κ2) is 6.03. The van der Waals surface area contributed by atoms with Gasteiger partial charge in [-0.3, -0.25) is 4.79 Å². The fourth-order valence-corrected chi connectivity index (χ4v) is 3.16. The molecule has 7 nitrogen and oxygen atoms in total. The van der Waals surface area contributed by atoms with Gasteiger partial charge in [0, 0.05) is 19.8 Å². The molecule has 0 fully saturated rings. The van der Waals surface area contributed by atoms with Crippen molar-refractivity contribution < 1.29 is 22.7 Å². The van der Waals surface area contributed by atoms with Crippen LogP contribution in [0.5, 0.6) is 0 Å². The summed E-state index contributed by atoms with van der Waals surface area (Å²) in [6.07, 6.45) is 0. The van der Waals surface area contributed by atoms with Crippen molar-refractivity contribution >= 4 is 27.6 Å². The normalized spacial score (nSPS) is 17.2. The number of carbonyl (C=O) groups is 2. The third kappa shape index (κ3) is 3.20. The summed E-state index contributed by atoms with van der Waals surface area (Å²) in [4.78, 5) is 24.3. The van der Waals surface area contributed by atoms with E-state index in [1.165, 1.54) is 32.3 Å². The lowest BCUT2D eigenvalue weighted by molar-refractivity contribution is -0.145. The lowest BCUT2D eigenvalue weighted by Gasteiger charge is -2.17. The summed E-state index contributed by atoms with van der Waals surface area (Å²) in [5, 5.41) is 2.55. The van der Waals surface area contributed by atoms with E-state index in [4.69, 9.17) is 4.74 Å². The Kier molecular flexibility index (Phi) is 4.56. The van der Waals surface area contributed by atoms with Crippen molar-refractivity contribution in [2.24, 2.45) is 0 Å². The first-order valence-corrected chi connectivity index (χ1v) is 8.69. The van der Waals surface area contributed by atoms with Crippen LogP contribution in [0.15, 0.2) is 40.3 Å². The first kappa shape index (κ1) is 18.2. The fourth-order valence-electron chi connectivity index (χ4n) is 2.22. The van der Waals surface area contributed by atoms with Gasteiger partial charge in [0.1, 0.15) is 11.2 Å². The minimum absolute atomic E-state index is 0.0466. The molecule has 2 rings (SSSR count). The Balaban J connectivity index is 2.32. The maximum atomic E-state index is 12.4. The van der Waals surface area contributed by atoms with Crippen LogP contribution in [-0.4, -0.2) is 44.3 Å². The third-order valence-electron chi connectivity index (χ3n) is 3.93. The standard InChI is InChI=1S/C16H20N2O5S/c1-10-13(15(20)23-16(10,2)3)14(19)17-11-7-6-8-12(9-11)24(21,22)18(4)5/h6-9H,1-5H3,(H,17,19). The molecule has 0 spiro atoms. The lowest BCUT2D eigenvalue weighted by Crippen LogP contribution is -2.23. The van der Waals surface area contributed by atoms with E-state index in [-0.39, 0.29) is 16.2 Å². The molecule has 1 aromatic rings. The predicted octanol–water partition coefficient (Wildman–Crippen LogP) is 1.53. The minimum Gasteiger partial charge on any atom is -0.451 e. The molecule has 130 valence electrons. The van der Waals surface area contributed by atoms with Gasteiger partial charge >= 0.3 is 5.97 Å². The van der Waals surface area contributed by atoms with Crippen molar-refractivity contribution in [3.63, 3.8) is 0 Å². The Morgan fingerprint density at radius 2 is 1.88 bits per heavy atom. The number of esters is 1. The monoisotopic (exact) mass is 352 g/mol. The van der Waals surface area contributed by atoms with Gasteiger partial charge in [-0.05, 0) is 44.5 Å². The molecule has 0 saturated carbocycles. The number of hydrogen-bond acceptors (Lipinski definition) is 5. The van der Waals surface area contributed by atoms with Crippen LogP contribution in [0.2, 0.25) is 0 Å².